The normalized spacial score (nSPS) is 21.9. The number of aliphatic imine (C=N–C) groups is 2. The lowest BCUT2D eigenvalue weighted by molar-refractivity contribution is -0.681. The summed E-state index contributed by atoms with van der Waals surface area (Å²) in [5, 5.41) is 0. The molecule has 0 aliphatic carbocycles. The van der Waals surface area contributed by atoms with E-state index < -0.39 is 0 Å². The van der Waals surface area contributed by atoms with Crippen LogP contribution in [0.2, 0.25) is 0 Å². The van der Waals surface area contributed by atoms with E-state index >= 15 is 0 Å². The number of halogens is 2. The molecule has 116 valence electrons. The summed E-state index contributed by atoms with van der Waals surface area (Å²) >= 11 is 7.01. The van der Waals surface area contributed by atoms with Crippen molar-refractivity contribution in [2.75, 3.05) is 0 Å². The quantitative estimate of drug-likeness (QED) is 0.515. The Labute approximate surface area is 147 Å². The van der Waals surface area contributed by atoms with E-state index in [-0.39, 0.29) is 0 Å². The van der Waals surface area contributed by atoms with E-state index in [4.69, 9.17) is 0 Å². The van der Waals surface area contributed by atoms with Crippen LogP contribution < -0.4 is 4.57 Å². The molecule has 1 aromatic rings. The smallest absolute Gasteiger partial charge is 0.244 e. The molecule has 0 radical (unpaired) electrons. The van der Waals surface area contributed by atoms with Crippen LogP contribution in [0.3, 0.4) is 0 Å². The lowest BCUT2D eigenvalue weighted by atomic mass is 10.1. The minimum absolute atomic E-state index is 0.495. The molecule has 2 aliphatic rings. The Hall–Kier alpha value is -1.01. The highest BCUT2D eigenvalue weighted by molar-refractivity contribution is 9.18. The lowest BCUT2D eigenvalue weighted by Gasteiger charge is -2.13. The molecule has 3 rings (SSSR count). The van der Waals surface area contributed by atoms with Gasteiger partial charge in [-0.1, -0.05) is 19.1 Å². The lowest BCUT2D eigenvalue weighted by Crippen LogP contribution is -2.36. The Balaban J connectivity index is 1.64. The molecule has 0 amide bonds. The first-order chi connectivity index (χ1) is 10.6. The van der Waals surface area contributed by atoms with Crippen molar-refractivity contribution in [2.24, 2.45) is 15.9 Å². The molecule has 0 fully saturated rings. The van der Waals surface area contributed by atoms with Gasteiger partial charge in [0.15, 0.2) is 0 Å². The number of aromatic nitrogens is 2. The van der Waals surface area contributed by atoms with Crippen molar-refractivity contribution in [3.8, 4) is 0 Å². The molecule has 1 aromatic heterocycles. The summed E-state index contributed by atoms with van der Waals surface area (Å²) in [6.45, 7) is 3.84. The van der Waals surface area contributed by atoms with Gasteiger partial charge in [0, 0.05) is 5.92 Å². The zero-order valence-corrected chi connectivity index (χ0v) is 15.7. The standard InChI is InChI=1S/C16H19Br2N4/c1-12-5-6-14(20-16(12)18)10-22-8-7-21(11-22)9-13-3-2-4-15(17)19-13/h4,6-8,11-12H,2-3,5,9-10H2,1H3/q+1. The third-order valence-corrected chi connectivity index (χ3v) is 5.29. The van der Waals surface area contributed by atoms with Gasteiger partial charge in [-0.15, -0.1) is 0 Å². The van der Waals surface area contributed by atoms with E-state index in [1.165, 1.54) is 5.71 Å². The monoisotopic (exact) mass is 425 g/mol. The van der Waals surface area contributed by atoms with Crippen molar-refractivity contribution in [1.82, 2.24) is 4.57 Å². The summed E-state index contributed by atoms with van der Waals surface area (Å²) in [4.78, 5) is 9.17. The van der Waals surface area contributed by atoms with Crippen molar-refractivity contribution < 1.29 is 4.57 Å². The van der Waals surface area contributed by atoms with Crippen LogP contribution >= 0.6 is 31.9 Å². The van der Waals surface area contributed by atoms with Crippen LogP contribution in [-0.2, 0) is 13.1 Å². The van der Waals surface area contributed by atoms with E-state index in [2.05, 4.69) is 88.8 Å². The number of hydrogen-bond acceptors (Lipinski definition) is 2. The molecule has 0 aromatic carbocycles. The number of allylic oxidation sites excluding steroid dienone is 3. The topological polar surface area (TPSA) is 33.5 Å². The Morgan fingerprint density at radius 2 is 2.18 bits per heavy atom. The number of imidazole rings is 1. The largest absolute Gasteiger partial charge is 0.247 e. The summed E-state index contributed by atoms with van der Waals surface area (Å²) in [7, 11) is 0. The van der Waals surface area contributed by atoms with Crippen LogP contribution in [-0.4, -0.2) is 14.9 Å². The van der Waals surface area contributed by atoms with Crippen molar-refractivity contribution in [3.63, 3.8) is 0 Å². The molecule has 22 heavy (non-hydrogen) atoms. The van der Waals surface area contributed by atoms with E-state index in [9.17, 15) is 0 Å². The second-order valence-corrected chi connectivity index (χ2v) is 7.39. The average molecular weight is 427 g/mol. The second kappa shape index (κ2) is 7.04. The molecule has 0 spiro atoms. The maximum atomic E-state index is 4.62. The number of hydrogen-bond donors (Lipinski definition) is 0. The van der Waals surface area contributed by atoms with Gasteiger partial charge in [0.05, 0.1) is 16.0 Å². The first kappa shape index (κ1) is 15.9. The Kier molecular flexibility index (Phi) is 5.08. The second-order valence-electron chi connectivity index (χ2n) is 5.77. The van der Waals surface area contributed by atoms with Crippen LogP contribution in [0.1, 0.15) is 26.2 Å². The summed E-state index contributed by atoms with van der Waals surface area (Å²) in [5.41, 5.74) is 2.33. The third-order valence-electron chi connectivity index (χ3n) is 3.83. The zero-order chi connectivity index (χ0) is 15.5. The van der Waals surface area contributed by atoms with Gasteiger partial charge in [-0.2, -0.15) is 0 Å². The van der Waals surface area contributed by atoms with Crippen LogP contribution in [0.5, 0.6) is 0 Å². The molecule has 0 bridgehead atoms. The van der Waals surface area contributed by atoms with Crippen LogP contribution in [0.4, 0.5) is 0 Å². The summed E-state index contributed by atoms with van der Waals surface area (Å²) < 4.78 is 6.35. The van der Waals surface area contributed by atoms with Crippen molar-refractivity contribution in [2.45, 2.75) is 39.3 Å². The molecule has 1 unspecified atom stereocenters. The maximum absolute atomic E-state index is 4.62. The van der Waals surface area contributed by atoms with Crippen molar-refractivity contribution in [3.05, 3.63) is 41.2 Å². The molecule has 4 nitrogen and oxygen atoms in total. The minimum atomic E-state index is 0.495. The molecule has 2 aliphatic heterocycles. The SMILES string of the molecule is CC1CC=C(Cn2cc[n+](CC3=NC(Br)=CCC3)c2)N=C1Br. The van der Waals surface area contributed by atoms with Gasteiger partial charge < -0.3 is 0 Å². The molecule has 0 N–H and O–H groups in total. The summed E-state index contributed by atoms with van der Waals surface area (Å²) in [6, 6.07) is 0. The van der Waals surface area contributed by atoms with Gasteiger partial charge >= 0.3 is 0 Å². The molecular weight excluding hydrogens is 408 g/mol. The summed E-state index contributed by atoms with van der Waals surface area (Å²) in [6.07, 6.45) is 13.8. The number of nitrogens with zero attached hydrogens (tertiary/aromatic N) is 4. The van der Waals surface area contributed by atoms with Gasteiger partial charge in [0.25, 0.3) is 0 Å². The highest BCUT2D eigenvalue weighted by Crippen LogP contribution is 2.21. The Bertz CT molecular complexity index is 682. The number of rotatable bonds is 4. The van der Waals surface area contributed by atoms with Gasteiger partial charge in [-0.3, -0.25) is 0 Å². The zero-order valence-electron chi connectivity index (χ0n) is 12.5. The molecule has 3 heterocycles. The van der Waals surface area contributed by atoms with Crippen LogP contribution in [0.25, 0.3) is 0 Å². The van der Waals surface area contributed by atoms with Gasteiger partial charge in [-0.25, -0.2) is 19.1 Å². The van der Waals surface area contributed by atoms with Gasteiger partial charge in [0.2, 0.25) is 6.33 Å². The molecule has 6 heteroatoms. The maximum Gasteiger partial charge on any atom is 0.244 e. The van der Waals surface area contributed by atoms with Crippen molar-refractivity contribution >= 4 is 42.2 Å². The predicted molar refractivity (Wildman–Crippen MR) is 96.5 cm³/mol. The van der Waals surface area contributed by atoms with Crippen LogP contribution in [0, 0.1) is 5.92 Å². The van der Waals surface area contributed by atoms with E-state index in [0.717, 1.165) is 47.3 Å². The average Bonchev–Trinajstić information content (AvgIpc) is 2.90. The fourth-order valence-electron chi connectivity index (χ4n) is 2.55. The molecule has 0 saturated carbocycles. The fourth-order valence-corrected chi connectivity index (χ4v) is 3.45. The third kappa shape index (κ3) is 4.04. The highest BCUT2D eigenvalue weighted by atomic mass is 79.9. The fraction of sp³-hybridized carbons (Fsp3) is 0.438. The Morgan fingerprint density at radius 1 is 1.32 bits per heavy atom. The first-order valence-electron chi connectivity index (χ1n) is 7.50. The molecular formula is C16H19Br2N4+. The van der Waals surface area contributed by atoms with Gasteiger partial charge in [-0.05, 0) is 51.1 Å². The Morgan fingerprint density at radius 3 is 2.95 bits per heavy atom. The first-order valence-corrected chi connectivity index (χ1v) is 9.09. The van der Waals surface area contributed by atoms with Crippen molar-refractivity contribution in [1.29, 1.82) is 0 Å². The van der Waals surface area contributed by atoms with Gasteiger partial charge in [0.1, 0.15) is 30.1 Å². The van der Waals surface area contributed by atoms with E-state index in [1.54, 1.807) is 0 Å². The van der Waals surface area contributed by atoms with Crippen LogP contribution in [0.15, 0.2) is 51.2 Å². The minimum Gasteiger partial charge on any atom is -0.247 e. The predicted octanol–water partition coefficient (Wildman–Crippen LogP) is 3.96. The molecule has 1 atom stereocenters. The van der Waals surface area contributed by atoms with E-state index in [0.29, 0.717) is 5.92 Å². The summed E-state index contributed by atoms with van der Waals surface area (Å²) in [5.74, 6) is 0.495. The molecule has 0 saturated heterocycles. The van der Waals surface area contributed by atoms with E-state index in [1.807, 2.05) is 0 Å². The highest BCUT2D eigenvalue weighted by Gasteiger charge is 2.15.